The van der Waals surface area contributed by atoms with E-state index in [4.69, 9.17) is 5.73 Å². The van der Waals surface area contributed by atoms with Crippen LogP contribution in [0.3, 0.4) is 0 Å². The first-order chi connectivity index (χ1) is 6.20. The Labute approximate surface area is 77.1 Å². The number of amides is 2. The molecule has 0 saturated carbocycles. The van der Waals surface area contributed by atoms with Crippen molar-refractivity contribution in [2.24, 2.45) is 11.7 Å². The molecule has 1 aliphatic rings. The van der Waals surface area contributed by atoms with Gasteiger partial charge >= 0.3 is 0 Å². The maximum absolute atomic E-state index is 11.3. The first kappa shape index (κ1) is 9.98. The van der Waals surface area contributed by atoms with Gasteiger partial charge in [0, 0.05) is 6.54 Å². The first-order valence-corrected chi connectivity index (χ1v) is 4.47. The van der Waals surface area contributed by atoms with Crippen LogP contribution in [0.25, 0.3) is 0 Å². The molecule has 13 heavy (non-hydrogen) atoms. The van der Waals surface area contributed by atoms with Crippen molar-refractivity contribution in [1.29, 1.82) is 0 Å². The zero-order valence-electron chi connectivity index (χ0n) is 7.51. The molecule has 1 fully saturated rings. The highest BCUT2D eigenvalue weighted by Crippen LogP contribution is 2.09. The monoisotopic (exact) mass is 185 g/mol. The van der Waals surface area contributed by atoms with E-state index >= 15 is 0 Å². The Bertz CT molecular complexity index is 200. The van der Waals surface area contributed by atoms with Gasteiger partial charge in [-0.2, -0.15) is 0 Å². The maximum Gasteiger partial charge on any atom is 0.236 e. The van der Waals surface area contributed by atoms with Gasteiger partial charge in [-0.15, -0.1) is 0 Å². The highest BCUT2D eigenvalue weighted by molar-refractivity contribution is 5.85. The number of hydrogen-bond acceptors (Lipinski definition) is 3. The lowest BCUT2D eigenvalue weighted by molar-refractivity contribution is -0.128. The second-order valence-electron chi connectivity index (χ2n) is 3.23. The molecule has 0 spiro atoms. The van der Waals surface area contributed by atoms with Crippen molar-refractivity contribution >= 4 is 11.8 Å². The molecular formula is C8H15N3O2. The van der Waals surface area contributed by atoms with Crippen molar-refractivity contribution < 1.29 is 9.59 Å². The van der Waals surface area contributed by atoms with Crippen molar-refractivity contribution in [3.63, 3.8) is 0 Å². The Balaban J connectivity index is 2.25. The first-order valence-electron chi connectivity index (χ1n) is 4.47. The van der Waals surface area contributed by atoms with Crippen LogP contribution in [-0.4, -0.2) is 31.4 Å². The van der Waals surface area contributed by atoms with Gasteiger partial charge in [-0.1, -0.05) is 0 Å². The highest BCUT2D eigenvalue weighted by Gasteiger charge is 2.20. The van der Waals surface area contributed by atoms with Gasteiger partial charge < -0.3 is 16.4 Å². The summed E-state index contributed by atoms with van der Waals surface area (Å²) in [6.45, 7) is 1.61. The molecule has 74 valence electrons. The van der Waals surface area contributed by atoms with Crippen molar-refractivity contribution in [3.8, 4) is 0 Å². The topological polar surface area (TPSA) is 84.2 Å². The van der Waals surface area contributed by atoms with E-state index in [1.807, 2.05) is 0 Å². The minimum absolute atomic E-state index is 0.00639. The van der Waals surface area contributed by atoms with Crippen molar-refractivity contribution in [2.75, 3.05) is 19.6 Å². The summed E-state index contributed by atoms with van der Waals surface area (Å²) in [5.74, 6) is -0.587. The molecule has 0 aliphatic carbocycles. The van der Waals surface area contributed by atoms with E-state index in [2.05, 4.69) is 10.6 Å². The van der Waals surface area contributed by atoms with Crippen LogP contribution in [0.2, 0.25) is 0 Å². The number of nitrogens with two attached hydrogens (primary N) is 1. The van der Waals surface area contributed by atoms with E-state index in [-0.39, 0.29) is 18.4 Å². The average molecular weight is 185 g/mol. The van der Waals surface area contributed by atoms with Gasteiger partial charge in [0.05, 0.1) is 12.5 Å². The summed E-state index contributed by atoms with van der Waals surface area (Å²) in [5, 5.41) is 5.62. The van der Waals surface area contributed by atoms with Gasteiger partial charge in [0.2, 0.25) is 11.8 Å². The van der Waals surface area contributed by atoms with Gasteiger partial charge in [-0.05, 0) is 19.4 Å². The molecule has 5 nitrogen and oxygen atoms in total. The molecule has 1 rings (SSSR count). The lowest BCUT2D eigenvalue weighted by atomic mass is 9.99. The van der Waals surface area contributed by atoms with E-state index in [1.165, 1.54) is 0 Å². The fourth-order valence-corrected chi connectivity index (χ4v) is 1.39. The summed E-state index contributed by atoms with van der Waals surface area (Å²) in [5.41, 5.74) is 4.90. The Hall–Kier alpha value is -1.10. The van der Waals surface area contributed by atoms with Crippen molar-refractivity contribution in [2.45, 2.75) is 12.8 Å². The summed E-state index contributed by atoms with van der Waals surface area (Å²) >= 11 is 0. The molecule has 1 saturated heterocycles. The molecule has 0 aromatic rings. The number of carbonyl (C=O) groups excluding carboxylic acids is 2. The lowest BCUT2D eigenvalue weighted by Crippen LogP contribution is -2.43. The molecule has 1 heterocycles. The molecule has 0 aromatic heterocycles. The molecule has 2 amide bonds. The largest absolute Gasteiger partial charge is 0.368 e. The van der Waals surface area contributed by atoms with E-state index in [0.29, 0.717) is 6.54 Å². The molecule has 0 radical (unpaired) electrons. The van der Waals surface area contributed by atoms with Gasteiger partial charge in [0.25, 0.3) is 0 Å². The number of piperidine rings is 1. The predicted octanol–water partition coefficient (Wildman–Crippen LogP) is -1.41. The molecule has 1 atom stereocenters. The van der Waals surface area contributed by atoms with E-state index in [0.717, 1.165) is 19.4 Å². The normalized spacial score (nSPS) is 22.3. The summed E-state index contributed by atoms with van der Waals surface area (Å²) in [6, 6.07) is 0. The number of primary amides is 1. The minimum atomic E-state index is -0.503. The third-order valence-electron chi connectivity index (χ3n) is 2.10. The Morgan fingerprint density at radius 2 is 2.31 bits per heavy atom. The fraction of sp³-hybridized carbons (Fsp3) is 0.750. The van der Waals surface area contributed by atoms with Gasteiger partial charge in [0.1, 0.15) is 0 Å². The van der Waals surface area contributed by atoms with Crippen LogP contribution in [0.4, 0.5) is 0 Å². The van der Waals surface area contributed by atoms with Crippen molar-refractivity contribution in [1.82, 2.24) is 10.6 Å². The summed E-state index contributed by atoms with van der Waals surface area (Å²) in [7, 11) is 0. The Morgan fingerprint density at radius 3 is 2.85 bits per heavy atom. The standard InChI is InChI=1S/C8H15N3O2/c9-7(12)5-11-8(13)6-2-1-3-10-4-6/h6,10H,1-5H2,(H2,9,12)(H,11,13)/t6-/m1/s1. The second kappa shape index (κ2) is 4.81. The molecule has 1 aliphatic heterocycles. The Kier molecular flexibility index (Phi) is 3.70. The van der Waals surface area contributed by atoms with E-state index < -0.39 is 5.91 Å². The minimum Gasteiger partial charge on any atom is -0.368 e. The van der Waals surface area contributed by atoms with Crippen LogP contribution < -0.4 is 16.4 Å². The van der Waals surface area contributed by atoms with Crippen LogP contribution >= 0.6 is 0 Å². The highest BCUT2D eigenvalue weighted by atomic mass is 16.2. The van der Waals surface area contributed by atoms with Crippen LogP contribution in [-0.2, 0) is 9.59 Å². The number of rotatable bonds is 3. The second-order valence-corrected chi connectivity index (χ2v) is 3.23. The van der Waals surface area contributed by atoms with Crippen LogP contribution in [0.5, 0.6) is 0 Å². The van der Waals surface area contributed by atoms with Gasteiger partial charge in [-0.3, -0.25) is 9.59 Å². The zero-order chi connectivity index (χ0) is 9.68. The SMILES string of the molecule is NC(=O)CNC(=O)[C@@H]1CCCNC1. The summed E-state index contributed by atoms with van der Waals surface area (Å²) in [6.07, 6.45) is 1.90. The van der Waals surface area contributed by atoms with Gasteiger partial charge in [-0.25, -0.2) is 0 Å². The molecule has 0 unspecified atom stereocenters. The third kappa shape index (κ3) is 3.42. The number of nitrogens with one attached hydrogen (secondary N) is 2. The summed E-state index contributed by atoms with van der Waals surface area (Å²) in [4.78, 5) is 21.7. The van der Waals surface area contributed by atoms with Crippen LogP contribution in [0.15, 0.2) is 0 Å². The molecule has 0 aromatic carbocycles. The maximum atomic E-state index is 11.3. The van der Waals surface area contributed by atoms with Gasteiger partial charge in [0.15, 0.2) is 0 Å². The van der Waals surface area contributed by atoms with Crippen LogP contribution in [0, 0.1) is 5.92 Å². The third-order valence-corrected chi connectivity index (χ3v) is 2.10. The lowest BCUT2D eigenvalue weighted by Gasteiger charge is -2.21. The molecule has 4 N–H and O–H groups in total. The average Bonchev–Trinajstić information content (AvgIpc) is 2.15. The predicted molar refractivity (Wildman–Crippen MR) is 47.8 cm³/mol. The van der Waals surface area contributed by atoms with E-state index in [9.17, 15) is 9.59 Å². The van der Waals surface area contributed by atoms with Crippen molar-refractivity contribution in [3.05, 3.63) is 0 Å². The van der Waals surface area contributed by atoms with E-state index in [1.54, 1.807) is 0 Å². The Morgan fingerprint density at radius 1 is 1.54 bits per heavy atom. The zero-order valence-corrected chi connectivity index (χ0v) is 7.51. The van der Waals surface area contributed by atoms with Crippen LogP contribution in [0.1, 0.15) is 12.8 Å². The fourth-order valence-electron chi connectivity index (χ4n) is 1.39. The number of carbonyl (C=O) groups is 2. The quantitative estimate of drug-likeness (QED) is 0.505. The summed E-state index contributed by atoms with van der Waals surface area (Å²) < 4.78 is 0. The molecular weight excluding hydrogens is 170 g/mol. The smallest absolute Gasteiger partial charge is 0.236 e. The molecule has 0 bridgehead atoms. The molecule has 5 heteroatoms. The number of hydrogen-bond donors (Lipinski definition) is 3.